The molecule has 3 rings (SSSR count). The van der Waals surface area contributed by atoms with E-state index in [-0.39, 0.29) is 5.91 Å². The van der Waals surface area contributed by atoms with Crippen LogP contribution in [0.15, 0.2) is 11.4 Å². The number of amides is 1. The number of carbonyl (C=O) groups is 1. The number of nitrogens with one attached hydrogen (secondary N) is 1. The number of rotatable bonds is 4. The summed E-state index contributed by atoms with van der Waals surface area (Å²) in [6, 6.07) is 2.89. The van der Waals surface area contributed by atoms with Crippen LogP contribution in [0, 0.1) is 0 Å². The van der Waals surface area contributed by atoms with Gasteiger partial charge < -0.3 is 0 Å². The quantitative estimate of drug-likeness (QED) is 0.482. The molecule has 6 heteroatoms. The molecule has 5 nitrogen and oxygen atoms in total. The molecule has 0 spiro atoms. The summed E-state index contributed by atoms with van der Waals surface area (Å²) in [5.74, 6) is 5.03. The molecule has 0 aromatic carbocycles. The number of carbonyl (C=O) groups excluding carboxylic acids is 1. The molecular weight excluding hydrogens is 260 g/mol. The van der Waals surface area contributed by atoms with Crippen LogP contribution < -0.4 is 11.3 Å². The summed E-state index contributed by atoms with van der Waals surface area (Å²) in [7, 11) is 0. The fourth-order valence-electron chi connectivity index (χ4n) is 2.69. The van der Waals surface area contributed by atoms with Gasteiger partial charge in [-0.25, -0.2) is 5.84 Å². The third kappa shape index (κ3) is 2.97. The molecule has 0 bridgehead atoms. The Balaban J connectivity index is 1.57. The van der Waals surface area contributed by atoms with Crippen molar-refractivity contribution < 1.29 is 4.79 Å². The second-order valence-corrected chi connectivity index (χ2v) is 6.21. The summed E-state index contributed by atoms with van der Waals surface area (Å²) in [6.45, 7) is 5.36. The second kappa shape index (κ2) is 5.58. The molecule has 2 heterocycles. The third-order valence-electron chi connectivity index (χ3n) is 3.95. The van der Waals surface area contributed by atoms with Crippen molar-refractivity contribution in [3.05, 3.63) is 21.9 Å². The zero-order chi connectivity index (χ0) is 13.2. The van der Waals surface area contributed by atoms with Gasteiger partial charge >= 0.3 is 0 Å². The van der Waals surface area contributed by atoms with Gasteiger partial charge in [0.25, 0.3) is 5.91 Å². The molecule has 1 amide bonds. The Morgan fingerprint density at radius 3 is 2.74 bits per heavy atom. The maximum Gasteiger partial charge on any atom is 0.275 e. The third-order valence-corrected chi connectivity index (χ3v) is 4.90. The predicted octanol–water partition coefficient (Wildman–Crippen LogP) is 0.632. The molecule has 2 aliphatic rings. The normalized spacial score (nSPS) is 21.5. The van der Waals surface area contributed by atoms with Crippen LogP contribution in [-0.4, -0.2) is 47.9 Å². The van der Waals surface area contributed by atoms with E-state index in [2.05, 4.69) is 15.2 Å². The number of hydrazine groups is 1. The van der Waals surface area contributed by atoms with E-state index in [0.29, 0.717) is 0 Å². The van der Waals surface area contributed by atoms with Gasteiger partial charge in [0, 0.05) is 38.8 Å². The molecule has 3 N–H and O–H groups in total. The maximum absolute atomic E-state index is 11.6. The zero-order valence-corrected chi connectivity index (χ0v) is 11.8. The molecule has 19 heavy (non-hydrogen) atoms. The van der Waals surface area contributed by atoms with E-state index >= 15 is 0 Å². The van der Waals surface area contributed by atoms with Crippen molar-refractivity contribution in [2.24, 2.45) is 5.84 Å². The Morgan fingerprint density at radius 2 is 2.11 bits per heavy atom. The average molecular weight is 280 g/mol. The Hall–Kier alpha value is -0.950. The monoisotopic (exact) mass is 280 g/mol. The number of nitrogen functional groups attached to an aromatic ring is 1. The van der Waals surface area contributed by atoms with Crippen LogP contribution in [0.1, 0.15) is 28.1 Å². The molecule has 1 aromatic heterocycles. The molecule has 0 atom stereocenters. The van der Waals surface area contributed by atoms with E-state index in [1.807, 2.05) is 11.4 Å². The molecule has 1 saturated heterocycles. The minimum Gasteiger partial charge on any atom is -0.298 e. The van der Waals surface area contributed by atoms with Crippen molar-refractivity contribution in [1.29, 1.82) is 0 Å². The van der Waals surface area contributed by atoms with Crippen LogP contribution in [-0.2, 0) is 6.54 Å². The van der Waals surface area contributed by atoms with Gasteiger partial charge in [0.2, 0.25) is 0 Å². The lowest BCUT2D eigenvalue weighted by Crippen LogP contribution is -2.46. The SMILES string of the molecule is NNC(=O)c1sccc1CN1CCN(C2CC2)CC1. The van der Waals surface area contributed by atoms with E-state index in [4.69, 9.17) is 5.84 Å². The van der Waals surface area contributed by atoms with Gasteiger partial charge in [-0.1, -0.05) is 0 Å². The first-order valence-electron chi connectivity index (χ1n) is 6.81. The molecule has 2 fully saturated rings. The summed E-state index contributed by atoms with van der Waals surface area (Å²) in [6.07, 6.45) is 2.76. The lowest BCUT2D eigenvalue weighted by Gasteiger charge is -2.34. The van der Waals surface area contributed by atoms with Crippen molar-refractivity contribution >= 4 is 17.2 Å². The highest BCUT2D eigenvalue weighted by atomic mass is 32.1. The van der Waals surface area contributed by atoms with Crippen molar-refractivity contribution in [2.75, 3.05) is 26.2 Å². The molecule has 104 valence electrons. The lowest BCUT2D eigenvalue weighted by atomic mass is 10.2. The predicted molar refractivity (Wildman–Crippen MR) is 75.8 cm³/mol. The summed E-state index contributed by atoms with van der Waals surface area (Å²) >= 11 is 1.46. The van der Waals surface area contributed by atoms with E-state index in [1.165, 1.54) is 24.2 Å². The molecule has 1 saturated carbocycles. The van der Waals surface area contributed by atoms with E-state index in [9.17, 15) is 4.79 Å². The van der Waals surface area contributed by atoms with Crippen LogP contribution in [0.4, 0.5) is 0 Å². The van der Waals surface area contributed by atoms with Gasteiger partial charge in [0.05, 0.1) is 4.88 Å². The molecule has 0 unspecified atom stereocenters. The minimum absolute atomic E-state index is 0.179. The summed E-state index contributed by atoms with van der Waals surface area (Å²) in [5, 5.41) is 1.96. The van der Waals surface area contributed by atoms with Gasteiger partial charge in [0.1, 0.15) is 0 Å². The lowest BCUT2D eigenvalue weighted by molar-refractivity contribution is 0.0952. The number of nitrogens with two attached hydrogens (primary N) is 1. The van der Waals surface area contributed by atoms with Crippen molar-refractivity contribution in [2.45, 2.75) is 25.4 Å². The number of nitrogens with zero attached hydrogens (tertiary/aromatic N) is 2. The van der Waals surface area contributed by atoms with Crippen molar-refractivity contribution in [3.8, 4) is 0 Å². The van der Waals surface area contributed by atoms with E-state index in [1.54, 1.807) is 0 Å². The topological polar surface area (TPSA) is 61.6 Å². The number of piperazine rings is 1. The summed E-state index contributed by atoms with van der Waals surface area (Å²) in [4.78, 5) is 17.4. The standard InChI is InChI=1S/C13H20N4OS/c14-15-13(18)12-10(3-8-19-12)9-16-4-6-17(7-5-16)11-1-2-11/h3,8,11H,1-2,4-7,9,14H2,(H,15,18). The number of hydrogen-bond donors (Lipinski definition) is 2. The van der Waals surface area contributed by atoms with E-state index in [0.717, 1.165) is 49.2 Å². The molecule has 0 radical (unpaired) electrons. The van der Waals surface area contributed by atoms with Crippen LogP contribution in [0.25, 0.3) is 0 Å². The highest BCUT2D eigenvalue weighted by molar-refractivity contribution is 7.12. The number of hydrogen-bond acceptors (Lipinski definition) is 5. The molecular formula is C13H20N4OS. The largest absolute Gasteiger partial charge is 0.298 e. The average Bonchev–Trinajstić information content (AvgIpc) is 3.19. The first kappa shape index (κ1) is 13.1. The Morgan fingerprint density at radius 1 is 1.37 bits per heavy atom. The van der Waals surface area contributed by atoms with Gasteiger partial charge in [-0.3, -0.25) is 20.0 Å². The Labute approximate surface area is 117 Å². The molecule has 1 aromatic rings. The summed E-state index contributed by atoms with van der Waals surface area (Å²) in [5.41, 5.74) is 3.31. The van der Waals surface area contributed by atoms with Crippen molar-refractivity contribution in [1.82, 2.24) is 15.2 Å². The van der Waals surface area contributed by atoms with Gasteiger partial charge in [-0.2, -0.15) is 0 Å². The smallest absolute Gasteiger partial charge is 0.275 e. The Kier molecular flexibility index (Phi) is 3.83. The van der Waals surface area contributed by atoms with Crippen LogP contribution in [0.3, 0.4) is 0 Å². The van der Waals surface area contributed by atoms with Crippen LogP contribution in [0.2, 0.25) is 0 Å². The fraction of sp³-hybridized carbons (Fsp3) is 0.615. The Bertz CT molecular complexity index is 449. The zero-order valence-electron chi connectivity index (χ0n) is 11.0. The van der Waals surface area contributed by atoms with Gasteiger partial charge in [-0.15, -0.1) is 11.3 Å². The van der Waals surface area contributed by atoms with Gasteiger partial charge in [0.15, 0.2) is 0 Å². The van der Waals surface area contributed by atoms with E-state index < -0.39 is 0 Å². The summed E-state index contributed by atoms with van der Waals surface area (Å²) < 4.78 is 0. The fourth-order valence-corrected chi connectivity index (χ4v) is 3.51. The second-order valence-electron chi connectivity index (χ2n) is 5.29. The van der Waals surface area contributed by atoms with Gasteiger partial charge in [-0.05, 0) is 29.9 Å². The number of thiophene rings is 1. The first-order valence-corrected chi connectivity index (χ1v) is 7.69. The van der Waals surface area contributed by atoms with Crippen LogP contribution >= 0.6 is 11.3 Å². The first-order chi connectivity index (χ1) is 9.28. The minimum atomic E-state index is -0.179. The highest BCUT2D eigenvalue weighted by Gasteiger charge is 2.31. The molecule has 1 aliphatic carbocycles. The highest BCUT2D eigenvalue weighted by Crippen LogP contribution is 2.28. The van der Waals surface area contributed by atoms with Crippen molar-refractivity contribution in [3.63, 3.8) is 0 Å². The van der Waals surface area contributed by atoms with Crippen LogP contribution in [0.5, 0.6) is 0 Å². The molecule has 1 aliphatic heterocycles. The maximum atomic E-state index is 11.6.